The number of quaternary nitrogens is 1. The first-order chi connectivity index (χ1) is 10.2. The van der Waals surface area contributed by atoms with E-state index in [-0.39, 0.29) is 6.54 Å². The Kier molecular flexibility index (Phi) is 6.53. The van der Waals surface area contributed by atoms with Crippen molar-refractivity contribution in [1.82, 2.24) is 9.96 Å². The van der Waals surface area contributed by atoms with Crippen molar-refractivity contribution in [2.75, 3.05) is 13.1 Å². The van der Waals surface area contributed by atoms with Gasteiger partial charge in [-0.2, -0.15) is 9.35 Å². The van der Waals surface area contributed by atoms with Gasteiger partial charge in [-0.15, -0.1) is 0 Å². The van der Waals surface area contributed by atoms with Gasteiger partial charge in [-0.05, 0) is 19.3 Å². The van der Waals surface area contributed by atoms with Gasteiger partial charge in [0.2, 0.25) is 16.3 Å². The number of hydroxylamine groups is 2. The molecule has 2 bridgehead atoms. The molecule has 11 heteroatoms. The molecule has 2 aliphatic rings. The van der Waals surface area contributed by atoms with Crippen LogP contribution in [0.5, 0.6) is 0 Å². The smallest absolute Gasteiger partial charge is 0.346 e. The van der Waals surface area contributed by atoms with Crippen LogP contribution in [0.4, 0.5) is 4.79 Å². The molecular weight excluding hydrogens is 316 g/mol. The van der Waals surface area contributed by atoms with E-state index in [1.165, 1.54) is 12.8 Å². The molecule has 0 unspecified atom stereocenters. The Bertz CT molecular complexity index is 509. The van der Waals surface area contributed by atoms with Crippen molar-refractivity contribution in [2.24, 2.45) is 5.73 Å². The van der Waals surface area contributed by atoms with Gasteiger partial charge < -0.3 is 20.9 Å². The predicted molar refractivity (Wildman–Crippen MR) is 73.4 cm³/mol. The summed E-state index contributed by atoms with van der Waals surface area (Å²) in [5.41, 5.74) is 8.79. The second-order valence-corrected chi connectivity index (χ2v) is 6.07. The minimum Gasteiger partial charge on any atom is -0.724 e. The Labute approximate surface area is 129 Å². The number of piperidine rings is 1. The fourth-order valence-corrected chi connectivity index (χ4v) is 2.76. The molecule has 5 N–H and O–H groups in total. The monoisotopic (exact) mass is 338 g/mol. The van der Waals surface area contributed by atoms with Crippen LogP contribution in [0.3, 0.4) is 0 Å². The van der Waals surface area contributed by atoms with E-state index >= 15 is 0 Å². The molecule has 0 saturated carbocycles. The van der Waals surface area contributed by atoms with Crippen molar-refractivity contribution in [3.05, 3.63) is 0 Å². The second kappa shape index (κ2) is 7.72. The lowest BCUT2D eigenvalue weighted by Crippen LogP contribution is -2.49. The van der Waals surface area contributed by atoms with Gasteiger partial charge in [0.25, 0.3) is 0 Å². The first kappa shape index (κ1) is 18.6. The highest BCUT2D eigenvalue weighted by molar-refractivity contribution is 7.80. The summed E-state index contributed by atoms with van der Waals surface area (Å²) in [6, 6.07) is -2.14. The zero-order valence-electron chi connectivity index (χ0n) is 12.4. The lowest BCUT2D eigenvalue weighted by atomic mass is 10.0. The maximum absolute atomic E-state index is 11.7. The van der Waals surface area contributed by atoms with Crippen LogP contribution in [-0.2, 0) is 19.5 Å². The molecule has 2 fully saturated rings. The summed E-state index contributed by atoms with van der Waals surface area (Å²) in [6.45, 7) is 3.39. The second-order valence-electron chi connectivity index (χ2n) is 5.10. The quantitative estimate of drug-likeness (QED) is 0.442. The molecule has 2 aliphatic heterocycles. The Morgan fingerprint density at radius 2 is 2.14 bits per heavy atom. The summed E-state index contributed by atoms with van der Waals surface area (Å²) < 4.78 is 35.4. The number of amides is 3. The molecule has 0 aliphatic carbocycles. The zero-order valence-corrected chi connectivity index (χ0v) is 13.3. The number of nitrogens with two attached hydrogens (primary N) is 1. The number of carbonyl (C=O) groups excluding carboxylic acids is 2. The third kappa shape index (κ3) is 4.80. The highest BCUT2D eigenvalue weighted by Gasteiger charge is 2.48. The molecule has 22 heavy (non-hydrogen) atoms. The van der Waals surface area contributed by atoms with Crippen molar-refractivity contribution in [3.8, 4) is 0 Å². The molecule has 2 heterocycles. The SMILES string of the molecule is CCCC[NH3+].NC(=O)[C@@H]1CC[C@@H]2CN1C(=O)N2OS(=O)(=O)[O-]. The number of nitrogens with zero attached hydrogens (tertiary/aromatic N) is 2. The highest BCUT2D eigenvalue weighted by atomic mass is 32.3. The number of urea groups is 1. The summed E-state index contributed by atoms with van der Waals surface area (Å²) >= 11 is 0. The third-order valence-corrected chi connectivity index (χ3v) is 3.77. The molecule has 0 spiro atoms. The summed E-state index contributed by atoms with van der Waals surface area (Å²) in [4.78, 5) is 23.9. The molecule has 0 radical (unpaired) electrons. The standard InChI is InChI=1S/C7H11N3O6S.C4H11N/c8-6(11)5-2-1-4-3-9(5)7(12)10(4)16-17(13,14)15;1-2-3-4-5/h4-5H,1-3H2,(H2,8,11)(H,13,14,15);2-5H2,1H3/t4-,5+;/m1./s1. The first-order valence-electron chi connectivity index (χ1n) is 7.05. The number of fused-ring (bicyclic) bond motifs is 2. The molecule has 3 amide bonds. The van der Waals surface area contributed by atoms with Gasteiger partial charge in [0, 0.05) is 6.54 Å². The topological polar surface area (TPSA) is 161 Å². The van der Waals surface area contributed by atoms with E-state index in [9.17, 15) is 22.6 Å². The number of hydrogen-bond donors (Lipinski definition) is 2. The minimum atomic E-state index is -5.00. The molecule has 2 atom stereocenters. The Morgan fingerprint density at radius 1 is 1.50 bits per heavy atom. The van der Waals surface area contributed by atoms with E-state index in [1.807, 2.05) is 0 Å². The van der Waals surface area contributed by atoms with E-state index in [1.54, 1.807) is 0 Å². The van der Waals surface area contributed by atoms with Crippen LogP contribution >= 0.6 is 0 Å². The van der Waals surface area contributed by atoms with Gasteiger partial charge in [-0.1, -0.05) is 13.3 Å². The number of carbonyl (C=O) groups is 2. The van der Waals surface area contributed by atoms with Crippen LogP contribution in [0.2, 0.25) is 0 Å². The normalized spacial score (nSPS) is 24.0. The van der Waals surface area contributed by atoms with E-state index in [2.05, 4.69) is 16.9 Å². The lowest BCUT2D eigenvalue weighted by molar-refractivity contribution is -0.368. The average Bonchev–Trinajstić information content (AvgIpc) is 2.64. The van der Waals surface area contributed by atoms with Gasteiger partial charge in [0.15, 0.2) is 0 Å². The van der Waals surface area contributed by atoms with Crippen LogP contribution in [0.1, 0.15) is 32.6 Å². The van der Waals surface area contributed by atoms with E-state index < -0.39 is 34.4 Å². The van der Waals surface area contributed by atoms with E-state index in [0.29, 0.717) is 17.9 Å². The van der Waals surface area contributed by atoms with Crippen molar-refractivity contribution in [3.63, 3.8) is 0 Å². The fourth-order valence-electron chi connectivity index (χ4n) is 2.37. The van der Waals surface area contributed by atoms with Crippen molar-refractivity contribution < 1.29 is 32.6 Å². The highest BCUT2D eigenvalue weighted by Crippen LogP contribution is 2.30. The summed E-state index contributed by atoms with van der Waals surface area (Å²) in [5, 5.41) is 0.505. The maximum atomic E-state index is 11.7. The fraction of sp³-hybridized carbons (Fsp3) is 0.818. The molecule has 0 aromatic rings. The van der Waals surface area contributed by atoms with Crippen LogP contribution in [0.25, 0.3) is 0 Å². The lowest BCUT2D eigenvalue weighted by Gasteiger charge is -2.27. The van der Waals surface area contributed by atoms with Gasteiger partial charge in [0.05, 0.1) is 12.6 Å². The Balaban J connectivity index is 0.000000422. The van der Waals surface area contributed by atoms with Crippen molar-refractivity contribution in [2.45, 2.75) is 44.7 Å². The predicted octanol–water partition coefficient (Wildman–Crippen LogP) is -1.84. The van der Waals surface area contributed by atoms with Crippen LogP contribution in [0, 0.1) is 0 Å². The minimum absolute atomic E-state index is 0.127. The maximum Gasteiger partial charge on any atom is 0.346 e. The Morgan fingerprint density at radius 3 is 2.55 bits per heavy atom. The van der Waals surface area contributed by atoms with Crippen LogP contribution in [-0.4, -0.2) is 60.0 Å². The van der Waals surface area contributed by atoms with Crippen molar-refractivity contribution in [1.29, 1.82) is 0 Å². The number of unbranched alkanes of at least 4 members (excludes halogenated alkanes) is 1. The number of hydrogen-bond acceptors (Lipinski definition) is 6. The van der Waals surface area contributed by atoms with Gasteiger partial charge in [-0.3, -0.25) is 4.79 Å². The molecular formula is C11H22N4O6S. The summed E-state index contributed by atoms with van der Waals surface area (Å²) in [6.07, 6.45) is 3.24. The average molecular weight is 338 g/mol. The zero-order chi connectivity index (χ0) is 16.9. The number of rotatable bonds is 5. The van der Waals surface area contributed by atoms with Crippen LogP contribution in [0.15, 0.2) is 0 Å². The third-order valence-electron chi connectivity index (χ3n) is 3.43. The Hall–Kier alpha value is -1.43. The number of primary amides is 1. The van der Waals surface area contributed by atoms with Crippen LogP contribution < -0.4 is 11.5 Å². The summed E-state index contributed by atoms with van der Waals surface area (Å²) in [5.74, 6) is -0.663. The molecule has 0 aromatic heterocycles. The molecule has 2 rings (SSSR count). The largest absolute Gasteiger partial charge is 0.724 e. The van der Waals surface area contributed by atoms with Gasteiger partial charge in [0.1, 0.15) is 6.04 Å². The van der Waals surface area contributed by atoms with E-state index in [4.69, 9.17) is 5.73 Å². The molecule has 0 aromatic carbocycles. The van der Waals surface area contributed by atoms with Crippen molar-refractivity contribution >= 4 is 22.3 Å². The molecule has 128 valence electrons. The van der Waals surface area contributed by atoms with E-state index in [0.717, 1.165) is 11.4 Å². The van der Waals surface area contributed by atoms with Gasteiger partial charge >= 0.3 is 6.03 Å². The summed E-state index contributed by atoms with van der Waals surface area (Å²) in [7, 11) is -5.00. The van der Waals surface area contributed by atoms with Gasteiger partial charge in [-0.25, -0.2) is 13.2 Å². The molecule has 10 nitrogen and oxygen atoms in total. The first-order valence-corrected chi connectivity index (χ1v) is 8.38. The molecule has 2 saturated heterocycles.